The molecule has 1 N–H and O–H groups in total. The molecule has 0 spiro atoms. The number of carbonyl (C=O) groups excluding carboxylic acids is 1. The van der Waals surface area contributed by atoms with Crippen molar-refractivity contribution in [3.8, 4) is 11.5 Å². The molecule has 0 heterocycles. The zero-order chi connectivity index (χ0) is 21.5. The van der Waals surface area contributed by atoms with Gasteiger partial charge in [0.25, 0.3) is 5.91 Å². The van der Waals surface area contributed by atoms with Crippen LogP contribution in [0.25, 0.3) is 0 Å². The minimum atomic E-state index is -0.517. The van der Waals surface area contributed by atoms with Crippen LogP contribution in [0.1, 0.15) is 21.5 Å². The molecule has 0 fully saturated rings. The van der Waals surface area contributed by atoms with Gasteiger partial charge in [-0.2, -0.15) is 5.10 Å². The Morgan fingerprint density at radius 3 is 2.73 bits per heavy atom. The quantitative estimate of drug-likeness (QED) is 0.346. The van der Waals surface area contributed by atoms with Crippen LogP contribution in [0.2, 0.25) is 5.02 Å². The molecule has 8 heteroatoms. The summed E-state index contributed by atoms with van der Waals surface area (Å²) in [5, 5.41) is 4.53. The largest absolute Gasteiger partial charge is 0.493 e. The van der Waals surface area contributed by atoms with E-state index in [9.17, 15) is 9.18 Å². The van der Waals surface area contributed by atoms with Crippen molar-refractivity contribution in [1.82, 2.24) is 5.43 Å². The van der Waals surface area contributed by atoms with Crippen molar-refractivity contribution in [2.75, 3.05) is 7.11 Å². The molecular weight excluding hydrogens is 475 g/mol. The summed E-state index contributed by atoms with van der Waals surface area (Å²) in [6.45, 7) is 0.270. The molecule has 3 aromatic carbocycles. The number of rotatable bonds is 7. The van der Waals surface area contributed by atoms with Crippen molar-refractivity contribution in [3.05, 3.63) is 92.7 Å². The molecule has 3 rings (SSSR count). The van der Waals surface area contributed by atoms with Gasteiger partial charge in [0.05, 0.1) is 17.8 Å². The molecule has 0 aliphatic heterocycles. The number of hydrazone groups is 1. The second-order valence-electron chi connectivity index (χ2n) is 6.12. The number of hydrogen-bond donors (Lipinski definition) is 1. The third-order valence-electron chi connectivity index (χ3n) is 4.05. The summed E-state index contributed by atoms with van der Waals surface area (Å²) >= 11 is 9.64. The van der Waals surface area contributed by atoms with Crippen LogP contribution >= 0.6 is 27.5 Å². The third kappa shape index (κ3) is 5.58. The maximum Gasteiger partial charge on any atom is 0.271 e. The van der Waals surface area contributed by atoms with Gasteiger partial charge in [-0.1, -0.05) is 35.9 Å². The number of benzene rings is 3. The van der Waals surface area contributed by atoms with Crippen LogP contribution in [0, 0.1) is 5.82 Å². The summed E-state index contributed by atoms with van der Waals surface area (Å²) in [5.74, 6) is -0.0168. The molecule has 3 aromatic rings. The summed E-state index contributed by atoms with van der Waals surface area (Å²) in [5.41, 5.74) is 4.04. The standard InChI is InChI=1S/C22H17BrClFN2O3/c1-29-20-10-14(12-26-27-22(28)15-6-4-7-17(25)11-15)9-18(23)21(20)30-13-16-5-2-3-8-19(16)24/h2-12H,13H2,1H3,(H,27,28)/b26-12+. The van der Waals surface area contributed by atoms with E-state index in [-0.39, 0.29) is 12.2 Å². The van der Waals surface area contributed by atoms with E-state index in [0.29, 0.717) is 26.6 Å². The van der Waals surface area contributed by atoms with Gasteiger partial charge in [-0.3, -0.25) is 4.79 Å². The number of methoxy groups -OCH3 is 1. The van der Waals surface area contributed by atoms with Gasteiger partial charge >= 0.3 is 0 Å². The zero-order valence-electron chi connectivity index (χ0n) is 15.9. The van der Waals surface area contributed by atoms with Crippen molar-refractivity contribution in [2.45, 2.75) is 6.61 Å². The van der Waals surface area contributed by atoms with Crippen molar-refractivity contribution in [1.29, 1.82) is 0 Å². The summed E-state index contributed by atoms with van der Waals surface area (Å²) < 4.78 is 25.2. The number of nitrogens with zero attached hydrogens (tertiary/aromatic N) is 1. The van der Waals surface area contributed by atoms with Crippen LogP contribution in [-0.4, -0.2) is 19.2 Å². The van der Waals surface area contributed by atoms with Gasteiger partial charge in [-0.05, 0) is 57.9 Å². The van der Waals surface area contributed by atoms with E-state index in [1.807, 2.05) is 18.2 Å². The number of carbonyl (C=O) groups is 1. The minimum Gasteiger partial charge on any atom is -0.493 e. The first-order valence-electron chi connectivity index (χ1n) is 8.80. The number of halogens is 3. The topological polar surface area (TPSA) is 59.9 Å². The fourth-order valence-corrected chi connectivity index (χ4v) is 3.34. The zero-order valence-corrected chi connectivity index (χ0v) is 18.2. The molecule has 0 unspecified atom stereocenters. The third-order valence-corrected chi connectivity index (χ3v) is 5.01. The summed E-state index contributed by atoms with van der Waals surface area (Å²) in [4.78, 5) is 12.0. The molecule has 0 atom stereocenters. The molecule has 0 aliphatic rings. The summed E-state index contributed by atoms with van der Waals surface area (Å²) in [7, 11) is 1.52. The molecule has 30 heavy (non-hydrogen) atoms. The van der Waals surface area contributed by atoms with Gasteiger partial charge in [-0.25, -0.2) is 9.82 Å². The second kappa shape index (κ2) is 10.2. The highest BCUT2D eigenvalue weighted by Gasteiger charge is 2.12. The predicted molar refractivity (Wildman–Crippen MR) is 118 cm³/mol. The van der Waals surface area contributed by atoms with E-state index < -0.39 is 11.7 Å². The molecule has 154 valence electrons. The predicted octanol–water partition coefficient (Wildman–Crippen LogP) is 5.59. The Balaban J connectivity index is 1.71. The molecule has 0 bridgehead atoms. The Kier molecular flexibility index (Phi) is 7.43. The van der Waals surface area contributed by atoms with Gasteiger partial charge in [0.2, 0.25) is 0 Å². The first kappa shape index (κ1) is 21.8. The smallest absolute Gasteiger partial charge is 0.271 e. The van der Waals surface area contributed by atoms with Gasteiger partial charge in [0, 0.05) is 16.1 Å². The van der Waals surface area contributed by atoms with E-state index in [0.717, 1.165) is 11.6 Å². The van der Waals surface area contributed by atoms with Gasteiger partial charge in [0.15, 0.2) is 11.5 Å². The lowest BCUT2D eigenvalue weighted by molar-refractivity contribution is 0.0954. The van der Waals surface area contributed by atoms with E-state index in [2.05, 4.69) is 26.5 Å². The highest BCUT2D eigenvalue weighted by molar-refractivity contribution is 9.10. The molecule has 0 radical (unpaired) electrons. The van der Waals surface area contributed by atoms with Crippen LogP contribution in [0.5, 0.6) is 11.5 Å². The highest BCUT2D eigenvalue weighted by Crippen LogP contribution is 2.37. The first-order valence-corrected chi connectivity index (χ1v) is 9.97. The average molecular weight is 492 g/mol. The maximum absolute atomic E-state index is 13.2. The summed E-state index contributed by atoms with van der Waals surface area (Å²) in [6, 6.07) is 16.2. The molecule has 0 saturated carbocycles. The minimum absolute atomic E-state index is 0.175. The average Bonchev–Trinajstić information content (AvgIpc) is 2.73. The second-order valence-corrected chi connectivity index (χ2v) is 7.39. The normalized spacial score (nSPS) is 10.8. The van der Waals surface area contributed by atoms with Crippen LogP contribution in [-0.2, 0) is 6.61 Å². The fraction of sp³-hybridized carbons (Fsp3) is 0.0909. The Morgan fingerprint density at radius 1 is 1.20 bits per heavy atom. The van der Waals surface area contributed by atoms with Crippen LogP contribution in [0.15, 0.2) is 70.2 Å². The number of hydrogen-bond acceptors (Lipinski definition) is 4. The summed E-state index contributed by atoms with van der Waals surface area (Å²) in [6.07, 6.45) is 1.45. The lowest BCUT2D eigenvalue weighted by atomic mass is 10.2. The Bertz CT molecular complexity index is 1090. The van der Waals surface area contributed by atoms with Gasteiger partial charge < -0.3 is 9.47 Å². The van der Waals surface area contributed by atoms with Crippen LogP contribution in [0.3, 0.4) is 0 Å². The molecule has 1 amide bonds. The van der Waals surface area contributed by atoms with E-state index >= 15 is 0 Å². The SMILES string of the molecule is COc1cc(/C=N/NC(=O)c2cccc(F)c2)cc(Br)c1OCc1ccccc1Cl. The van der Waals surface area contributed by atoms with Crippen molar-refractivity contribution in [2.24, 2.45) is 5.10 Å². The van der Waals surface area contributed by atoms with Crippen molar-refractivity contribution >= 4 is 39.7 Å². The van der Waals surface area contributed by atoms with E-state index in [4.69, 9.17) is 21.1 Å². The van der Waals surface area contributed by atoms with Crippen LogP contribution < -0.4 is 14.9 Å². The maximum atomic E-state index is 13.2. The highest BCUT2D eigenvalue weighted by atomic mass is 79.9. The van der Waals surface area contributed by atoms with Crippen LogP contribution in [0.4, 0.5) is 4.39 Å². The Morgan fingerprint density at radius 2 is 2.00 bits per heavy atom. The molecule has 0 aromatic heterocycles. The number of amides is 1. The number of nitrogens with one attached hydrogen (secondary N) is 1. The molecule has 0 aliphatic carbocycles. The lowest BCUT2D eigenvalue weighted by Crippen LogP contribution is -2.17. The number of ether oxygens (including phenoxy) is 2. The molecule has 5 nitrogen and oxygen atoms in total. The van der Waals surface area contributed by atoms with Gasteiger partial charge in [-0.15, -0.1) is 0 Å². The molecular formula is C22H17BrClFN2O3. The molecule has 0 saturated heterocycles. The lowest BCUT2D eigenvalue weighted by Gasteiger charge is -2.14. The van der Waals surface area contributed by atoms with Gasteiger partial charge in [0.1, 0.15) is 12.4 Å². The van der Waals surface area contributed by atoms with E-state index in [1.165, 1.54) is 31.5 Å². The van der Waals surface area contributed by atoms with Crippen molar-refractivity contribution in [3.63, 3.8) is 0 Å². The Hall–Kier alpha value is -2.90. The monoisotopic (exact) mass is 490 g/mol. The Labute approximate surface area is 186 Å². The van der Waals surface area contributed by atoms with Crippen molar-refractivity contribution < 1.29 is 18.7 Å². The first-order chi connectivity index (χ1) is 14.5. The van der Waals surface area contributed by atoms with E-state index in [1.54, 1.807) is 18.2 Å². The fourth-order valence-electron chi connectivity index (χ4n) is 2.58.